The van der Waals surface area contributed by atoms with Gasteiger partial charge in [0.2, 0.25) is 5.91 Å². The Balaban J connectivity index is 1.15. The van der Waals surface area contributed by atoms with Crippen molar-refractivity contribution in [3.63, 3.8) is 0 Å². The predicted molar refractivity (Wildman–Crippen MR) is 146 cm³/mol. The molecule has 0 fully saturated rings. The lowest BCUT2D eigenvalue weighted by Crippen LogP contribution is -2.27. The second-order valence-corrected chi connectivity index (χ2v) is 9.91. The smallest absolute Gasteiger partial charge is 0.225 e. The lowest BCUT2D eigenvalue weighted by molar-refractivity contribution is -0.120. The number of hydrogen-bond donors (Lipinski definition) is 2. The summed E-state index contributed by atoms with van der Waals surface area (Å²) in [5.74, 6) is 0.0244. The minimum atomic E-state index is 0.0244. The zero-order valence-electron chi connectivity index (χ0n) is 20.2. The van der Waals surface area contributed by atoms with Gasteiger partial charge in [0.1, 0.15) is 0 Å². The van der Waals surface area contributed by atoms with Crippen LogP contribution in [-0.2, 0) is 30.7 Å². The monoisotopic (exact) mass is 506 g/mol. The topological polar surface area (TPSA) is 95.6 Å². The second kappa shape index (κ2) is 11.5. The van der Waals surface area contributed by atoms with Crippen molar-refractivity contribution in [3.05, 3.63) is 113 Å². The molecule has 184 valence electrons. The number of hydrogen-bond acceptors (Lipinski definition) is 6. The Morgan fingerprint density at radius 2 is 1.97 bits per heavy atom. The van der Waals surface area contributed by atoms with Crippen LogP contribution >= 0.6 is 11.3 Å². The van der Waals surface area contributed by atoms with E-state index in [4.69, 9.17) is 5.26 Å². The third kappa shape index (κ3) is 6.40. The van der Waals surface area contributed by atoms with Crippen LogP contribution in [0.4, 0.5) is 5.69 Å². The van der Waals surface area contributed by atoms with E-state index in [-0.39, 0.29) is 5.91 Å². The standard InChI is InChI=1S/C29H26N6OS/c30-16-21-4-6-22(7-5-21)19-35-20-31-17-26(35)18-34-25-8-9-28-23(13-25)14-27(37-28)15-29(36)33-12-10-24-3-1-2-11-32-24/h1-9,11,13-14,17,20,34H,10,12,15,18-19H2,(H,33,36). The van der Waals surface area contributed by atoms with Crippen LogP contribution in [0.1, 0.15) is 27.4 Å². The number of fused-ring (bicyclic) bond motifs is 1. The van der Waals surface area contributed by atoms with E-state index in [2.05, 4.69) is 55.5 Å². The average molecular weight is 507 g/mol. The number of amides is 1. The zero-order chi connectivity index (χ0) is 25.5. The van der Waals surface area contributed by atoms with E-state index < -0.39 is 0 Å². The summed E-state index contributed by atoms with van der Waals surface area (Å²) in [6, 6.07) is 23.9. The van der Waals surface area contributed by atoms with Gasteiger partial charge in [-0.3, -0.25) is 9.78 Å². The van der Waals surface area contributed by atoms with Crippen LogP contribution in [0.15, 0.2) is 85.5 Å². The van der Waals surface area contributed by atoms with E-state index in [0.29, 0.717) is 31.6 Å². The van der Waals surface area contributed by atoms with Gasteiger partial charge in [-0.1, -0.05) is 18.2 Å². The molecule has 8 heteroatoms. The van der Waals surface area contributed by atoms with Crippen LogP contribution in [0.3, 0.4) is 0 Å². The van der Waals surface area contributed by atoms with Crippen molar-refractivity contribution in [1.29, 1.82) is 5.26 Å². The Labute approximate surface area is 219 Å². The van der Waals surface area contributed by atoms with Crippen molar-refractivity contribution >= 4 is 33.0 Å². The minimum absolute atomic E-state index is 0.0244. The first-order valence-corrected chi connectivity index (χ1v) is 12.9. The fraction of sp³-hybridized carbons (Fsp3) is 0.172. The van der Waals surface area contributed by atoms with Crippen LogP contribution in [0.2, 0.25) is 0 Å². The molecule has 0 aliphatic heterocycles. The quantitative estimate of drug-likeness (QED) is 0.280. The first-order chi connectivity index (χ1) is 18.2. The molecule has 2 N–H and O–H groups in total. The van der Waals surface area contributed by atoms with Gasteiger partial charge in [0.25, 0.3) is 0 Å². The number of pyridine rings is 1. The Morgan fingerprint density at radius 3 is 2.78 bits per heavy atom. The fourth-order valence-electron chi connectivity index (χ4n) is 4.10. The van der Waals surface area contributed by atoms with E-state index in [1.807, 2.05) is 55.0 Å². The minimum Gasteiger partial charge on any atom is -0.379 e. The molecule has 5 aromatic rings. The number of imidazole rings is 1. The molecule has 5 rings (SSSR count). The Morgan fingerprint density at radius 1 is 1.08 bits per heavy atom. The largest absolute Gasteiger partial charge is 0.379 e. The number of thiophene rings is 1. The van der Waals surface area contributed by atoms with Crippen molar-refractivity contribution < 1.29 is 4.79 Å². The van der Waals surface area contributed by atoms with Crippen LogP contribution < -0.4 is 10.6 Å². The molecule has 2 aromatic carbocycles. The summed E-state index contributed by atoms with van der Waals surface area (Å²) in [6.07, 6.45) is 6.55. The van der Waals surface area contributed by atoms with Gasteiger partial charge in [0.15, 0.2) is 0 Å². The van der Waals surface area contributed by atoms with Gasteiger partial charge in [-0.25, -0.2) is 4.98 Å². The molecule has 0 saturated heterocycles. The molecule has 0 aliphatic carbocycles. The van der Waals surface area contributed by atoms with Crippen LogP contribution in [0.5, 0.6) is 0 Å². The number of nitriles is 1. The molecule has 0 atom stereocenters. The highest BCUT2D eigenvalue weighted by Gasteiger charge is 2.09. The normalized spacial score (nSPS) is 10.8. The molecular weight excluding hydrogens is 480 g/mol. The van der Waals surface area contributed by atoms with E-state index in [0.717, 1.165) is 44.0 Å². The van der Waals surface area contributed by atoms with Crippen molar-refractivity contribution in [1.82, 2.24) is 19.9 Å². The lowest BCUT2D eigenvalue weighted by atomic mass is 10.1. The van der Waals surface area contributed by atoms with Crippen molar-refractivity contribution in [2.45, 2.75) is 25.9 Å². The number of nitrogens with zero attached hydrogens (tertiary/aromatic N) is 4. The van der Waals surface area contributed by atoms with Crippen LogP contribution in [-0.4, -0.2) is 27.0 Å². The SMILES string of the molecule is N#Cc1ccc(Cn2cncc2CNc2ccc3sc(CC(=O)NCCc4ccccn4)cc3c2)cc1. The molecule has 0 radical (unpaired) electrons. The van der Waals surface area contributed by atoms with Gasteiger partial charge in [0, 0.05) is 52.9 Å². The molecule has 0 saturated carbocycles. The van der Waals surface area contributed by atoms with Gasteiger partial charge in [-0.2, -0.15) is 5.26 Å². The van der Waals surface area contributed by atoms with Gasteiger partial charge in [-0.15, -0.1) is 11.3 Å². The highest BCUT2D eigenvalue weighted by molar-refractivity contribution is 7.19. The zero-order valence-corrected chi connectivity index (χ0v) is 21.0. The summed E-state index contributed by atoms with van der Waals surface area (Å²) >= 11 is 1.65. The summed E-state index contributed by atoms with van der Waals surface area (Å²) in [4.78, 5) is 22.1. The molecule has 3 aromatic heterocycles. The summed E-state index contributed by atoms with van der Waals surface area (Å²) in [6.45, 7) is 1.91. The molecule has 0 bridgehead atoms. The maximum Gasteiger partial charge on any atom is 0.225 e. The molecule has 7 nitrogen and oxygen atoms in total. The number of anilines is 1. The first kappa shape index (κ1) is 24.2. The third-order valence-electron chi connectivity index (χ3n) is 6.04. The van der Waals surface area contributed by atoms with Gasteiger partial charge in [-0.05, 0) is 59.5 Å². The second-order valence-electron chi connectivity index (χ2n) is 8.74. The highest BCUT2D eigenvalue weighted by Crippen LogP contribution is 2.28. The first-order valence-electron chi connectivity index (χ1n) is 12.1. The van der Waals surface area contributed by atoms with E-state index in [1.54, 1.807) is 17.5 Å². The Kier molecular flexibility index (Phi) is 7.53. The molecule has 0 spiro atoms. The van der Waals surface area contributed by atoms with Crippen LogP contribution in [0.25, 0.3) is 10.1 Å². The number of nitrogens with one attached hydrogen (secondary N) is 2. The molecule has 1 amide bonds. The van der Waals surface area contributed by atoms with Gasteiger partial charge >= 0.3 is 0 Å². The average Bonchev–Trinajstić information content (AvgIpc) is 3.54. The summed E-state index contributed by atoms with van der Waals surface area (Å²) in [5.41, 5.74) is 4.83. The lowest BCUT2D eigenvalue weighted by Gasteiger charge is -2.10. The highest BCUT2D eigenvalue weighted by atomic mass is 32.1. The molecule has 37 heavy (non-hydrogen) atoms. The Bertz CT molecular complexity index is 1530. The third-order valence-corrected chi connectivity index (χ3v) is 7.16. The Hall–Kier alpha value is -4.48. The number of carbonyl (C=O) groups is 1. The molecule has 0 unspecified atom stereocenters. The van der Waals surface area contributed by atoms with Crippen LogP contribution in [0, 0.1) is 11.3 Å². The maximum absolute atomic E-state index is 12.4. The fourth-order valence-corrected chi connectivity index (χ4v) is 5.15. The summed E-state index contributed by atoms with van der Waals surface area (Å²) in [5, 5.41) is 16.6. The summed E-state index contributed by atoms with van der Waals surface area (Å²) < 4.78 is 3.26. The molecule has 0 aliphatic rings. The maximum atomic E-state index is 12.4. The van der Waals surface area contributed by atoms with E-state index in [9.17, 15) is 4.79 Å². The number of rotatable bonds is 10. The molecular formula is C29H26N6OS. The molecule has 3 heterocycles. The van der Waals surface area contributed by atoms with Crippen molar-refractivity contribution in [2.75, 3.05) is 11.9 Å². The predicted octanol–water partition coefficient (Wildman–Crippen LogP) is 4.93. The van der Waals surface area contributed by atoms with Gasteiger partial charge < -0.3 is 15.2 Å². The number of benzene rings is 2. The van der Waals surface area contributed by atoms with Crippen molar-refractivity contribution in [3.8, 4) is 6.07 Å². The van der Waals surface area contributed by atoms with E-state index in [1.165, 1.54) is 0 Å². The number of carbonyl (C=O) groups excluding carboxylic acids is 1. The van der Waals surface area contributed by atoms with E-state index >= 15 is 0 Å². The number of aromatic nitrogens is 3. The van der Waals surface area contributed by atoms with Gasteiger partial charge in [0.05, 0.1) is 36.6 Å². The summed E-state index contributed by atoms with van der Waals surface area (Å²) in [7, 11) is 0. The van der Waals surface area contributed by atoms with Crippen molar-refractivity contribution in [2.24, 2.45) is 0 Å².